The Morgan fingerprint density at radius 1 is 0.900 bits per heavy atom. The van der Waals surface area contributed by atoms with E-state index in [0.29, 0.717) is 35.6 Å². The molecule has 0 saturated heterocycles. The SMILES string of the molecule is [N-]=[N+]=Nc1ccccc1[C@@H]1OC(c2ccc(OCCCO)cc2)=N[C@]1(Cc1ccccc1Br)C(=O)NNC1c2ccccc2-c2ccccc21. The summed E-state index contributed by atoms with van der Waals surface area (Å²) in [6.07, 6.45) is -0.305. The van der Waals surface area contributed by atoms with Gasteiger partial charge in [0.2, 0.25) is 5.90 Å². The summed E-state index contributed by atoms with van der Waals surface area (Å²) in [6, 6.07) is 38.0. The molecule has 10 nitrogen and oxygen atoms in total. The van der Waals surface area contributed by atoms with E-state index in [0.717, 1.165) is 32.3 Å². The summed E-state index contributed by atoms with van der Waals surface area (Å²) in [5.74, 6) is 0.464. The number of carbonyl (C=O) groups is 1. The van der Waals surface area contributed by atoms with Gasteiger partial charge in [-0.05, 0) is 63.7 Å². The predicted molar refractivity (Wildman–Crippen MR) is 195 cm³/mol. The van der Waals surface area contributed by atoms with Gasteiger partial charge < -0.3 is 14.6 Å². The number of hydrazine groups is 1. The third kappa shape index (κ3) is 6.35. The molecule has 2 atom stereocenters. The van der Waals surface area contributed by atoms with Crippen LogP contribution in [0.1, 0.15) is 46.4 Å². The molecule has 0 radical (unpaired) electrons. The van der Waals surface area contributed by atoms with Crippen LogP contribution in [0.25, 0.3) is 21.6 Å². The van der Waals surface area contributed by atoms with Gasteiger partial charge in [0.15, 0.2) is 11.6 Å². The fraction of sp³-hybridized carbons (Fsp3) is 0.179. The van der Waals surface area contributed by atoms with Gasteiger partial charge in [-0.1, -0.05) is 112 Å². The Bertz CT molecular complexity index is 2070. The van der Waals surface area contributed by atoms with E-state index >= 15 is 0 Å². The smallest absolute Gasteiger partial charge is 0.266 e. The second-order valence-electron chi connectivity index (χ2n) is 12.0. The van der Waals surface area contributed by atoms with Crippen molar-refractivity contribution in [3.8, 4) is 16.9 Å². The number of aliphatic imine (C=N–C) groups is 1. The van der Waals surface area contributed by atoms with Crippen LogP contribution in [0.15, 0.2) is 136 Å². The molecule has 0 saturated carbocycles. The van der Waals surface area contributed by atoms with Gasteiger partial charge in [0.1, 0.15) is 5.75 Å². The molecule has 0 unspecified atom stereocenters. The van der Waals surface area contributed by atoms with Crippen molar-refractivity contribution >= 4 is 33.4 Å². The molecule has 250 valence electrons. The molecule has 3 N–H and O–H groups in total. The molecule has 7 rings (SSSR count). The van der Waals surface area contributed by atoms with Crippen molar-refractivity contribution in [2.75, 3.05) is 13.2 Å². The van der Waals surface area contributed by atoms with Crippen LogP contribution in [-0.2, 0) is 16.0 Å². The number of carbonyl (C=O) groups excluding carboxylic acids is 1. The highest BCUT2D eigenvalue weighted by Crippen LogP contribution is 2.47. The van der Waals surface area contributed by atoms with E-state index < -0.39 is 17.6 Å². The third-order valence-electron chi connectivity index (χ3n) is 8.98. The summed E-state index contributed by atoms with van der Waals surface area (Å²) >= 11 is 3.68. The Morgan fingerprint density at radius 3 is 2.22 bits per heavy atom. The molecule has 2 aliphatic rings. The molecule has 50 heavy (non-hydrogen) atoms. The summed E-state index contributed by atoms with van der Waals surface area (Å²) in [5.41, 5.74) is 20.9. The lowest BCUT2D eigenvalue weighted by atomic mass is 9.81. The lowest BCUT2D eigenvalue weighted by Gasteiger charge is -2.32. The number of fused-ring (bicyclic) bond motifs is 3. The van der Waals surface area contributed by atoms with Crippen molar-refractivity contribution in [1.29, 1.82) is 0 Å². The number of hydrogen-bond donors (Lipinski definition) is 3. The molecule has 5 aromatic rings. The first kappa shape index (κ1) is 33.1. The minimum Gasteiger partial charge on any atom is -0.494 e. The summed E-state index contributed by atoms with van der Waals surface area (Å²) < 4.78 is 13.2. The first-order valence-corrected chi connectivity index (χ1v) is 17.0. The lowest BCUT2D eigenvalue weighted by molar-refractivity contribution is -0.130. The van der Waals surface area contributed by atoms with Crippen molar-refractivity contribution < 1.29 is 19.4 Å². The largest absolute Gasteiger partial charge is 0.494 e. The molecular weight excluding hydrogens is 696 g/mol. The van der Waals surface area contributed by atoms with Crippen LogP contribution < -0.4 is 15.6 Å². The van der Waals surface area contributed by atoms with E-state index in [1.165, 1.54) is 0 Å². The van der Waals surface area contributed by atoms with Gasteiger partial charge in [-0.15, -0.1) is 0 Å². The van der Waals surface area contributed by atoms with Crippen LogP contribution >= 0.6 is 15.9 Å². The number of nitrogens with one attached hydrogen (secondary N) is 2. The maximum atomic E-state index is 15.0. The van der Waals surface area contributed by atoms with Crippen molar-refractivity contribution in [2.45, 2.75) is 30.5 Å². The number of nitrogens with zero attached hydrogens (tertiary/aromatic N) is 4. The third-order valence-corrected chi connectivity index (χ3v) is 9.76. The molecule has 1 amide bonds. The Labute approximate surface area is 297 Å². The monoisotopic (exact) mass is 728 g/mol. The van der Waals surface area contributed by atoms with Crippen LogP contribution in [0.4, 0.5) is 5.69 Å². The number of aliphatic hydroxyl groups is 1. The second-order valence-corrected chi connectivity index (χ2v) is 12.9. The molecule has 11 heteroatoms. The topological polar surface area (TPSA) is 141 Å². The Hall–Kier alpha value is -5.45. The number of amides is 1. The van der Waals surface area contributed by atoms with Gasteiger partial charge in [0.05, 0.1) is 12.6 Å². The van der Waals surface area contributed by atoms with Crippen molar-refractivity contribution in [2.24, 2.45) is 10.1 Å². The highest BCUT2D eigenvalue weighted by atomic mass is 79.9. The Morgan fingerprint density at radius 2 is 1.54 bits per heavy atom. The van der Waals surface area contributed by atoms with Crippen molar-refractivity contribution in [3.63, 3.8) is 0 Å². The van der Waals surface area contributed by atoms with E-state index in [-0.39, 0.29) is 25.0 Å². The summed E-state index contributed by atoms with van der Waals surface area (Å²) in [5, 5.41) is 13.1. The van der Waals surface area contributed by atoms with Gasteiger partial charge >= 0.3 is 0 Å². The molecule has 1 aliphatic heterocycles. The fourth-order valence-corrected chi connectivity index (χ4v) is 7.02. The molecule has 1 heterocycles. The highest BCUT2D eigenvalue weighted by molar-refractivity contribution is 9.10. The maximum absolute atomic E-state index is 15.0. The Balaban J connectivity index is 1.32. The molecule has 0 aromatic heterocycles. The zero-order valence-electron chi connectivity index (χ0n) is 26.9. The first-order valence-electron chi connectivity index (χ1n) is 16.2. The second kappa shape index (κ2) is 14.6. The van der Waals surface area contributed by atoms with Crippen LogP contribution in [0.3, 0.4) is 0 Å². The molecular formula is C39H33BrN6O4. The van der Waals surface area contributed by atoms with E-state index in [4.69, 9.17) is 19.6 Å². The van der Waals surface area contributed by atoms with Gasteiger partial charge in [0.25, 0.3) is 5.91 Å². The molecule has 0 spiro atoms. The molecule has 5 aromatic carbocycles. The number of aliphatic hydroxyl groups excluding tert-OH is 1. The van der Waals surface area contributed by atoms with Gasteiger partial charge in [0, 0.05) is 45.6 Å². The number of halogens is 1. The lowest BCUT2D eigenvalue weighted by Crippen LogP contribution is -2.54. The molecule has 0 bridgehead atoms. The van der Waals surface area contributed by atoms with Gasteiger partial charge in [-0.25, -0.2) is 10.4 Å². The standard InChI is InChI=1S/C39H33BrN6O4/c40-33-16-7-1-10-26(33)24-39(38(48)45-44-35-30-13-4-2-11-28(30)29-12-3-5-14-31(29)35)36(32-15-6-8-17-34(32)43-46-41)50-37(42-39)25-18-20-27(21-19-25)49-23-9-22-47/h1-8,10-21,35-36,44,47H,9,22-24H2,(H,45,48)/t36-,39-/m0/s1. The summed E-state index contributed by atoms with van der Waals surface area (Å²) in [4.78, 5) is 23.2. The minimum absolute atomic E-state index is 0.0394. The highest BCUT2D eigenvalue weighted by Gasteiger charge is 2.54. The normalized spacial score (nSPS) is 17.6. The van der Waals surface area contributed by atoms with E-state index in [9.17, 15) is 10.3 Å². The number of hydrogen-bond acceptors (Lipinski definition) is 7. The van der Waals surface area contributed by atoms with E-state index in [2.05, 4.69) is 61.1 Å². The van der Waals surface area contributed by atoms with E-state index in [1.54, 1.807) is 30.3 Å². The fourth-order valence-electron chi connectivity index (χ4n) is 6.60. The van der Waals surface area contributed by atoms with Crippen molar-refractivity contribution in [1.82, 2.24) is 10.9 Å². The van der Waals surface area contributed by atoms with E-state index in [1.807, 2.05) is 66.7 Å². The zero-order chi connectivity index (χ0) is 34.5. The number of rotatable bonds is 12. The van der Waals surface area contributed by atoms with Crippen LogP contribution in [-0.4, -0.2) is 35.7 Å². The average molecular weight is 730 g/mol. The van der Waals surface area contributed by atoms with Gasteiger partial charge in [-0.3, -0.25) is 10.2 Å². The van der Waals surface area contributed by atoms with Crippen LogP contribution in [0.2, 0.25) is 0 Å². The predicted octanol–water partition coefficient (Wildman–Crippen LogP) is 8.04. The minimum atomic E-state index is -1.55. The van der Waals surface area contributed by atoms with Crippen molar-refractivity contribution in [3.05, 3.63) is 164 Å². The number of ether oxygens (including phenoxy) is 2. The number of azide groups is 1. The number of benzene rings is 5. The summed E-state index contributed by atoms with van der Waals surface area (Å²) in [6.45, 7) is 0.418. The summed E-state index contributed by atoms with van der Waals surface area (Å²) in [7, 11) is 0. The maximum Gasteiger partial charge on any atom is 0.266 e. The zero-order valence-corrected chi connectivity index (χ0v) is 28.5. The first-order chi connectivity index (χ1) is 24.5. The van der Waals surface area contributed by atoms with Crippen LogP contribution in [0, 0.1) is 0 Å². The molecule has 1 aliphatic carbocycles. The van der Waals surface area contributed by atoms with Gasteiger partial charge in [-0.2, -0.15) is 0 Å². The van der Waals surface area contributed by atoms with Crippen LogP contribution in [0.5, 0.6) is 5.75 Å². The quantitative estimate of drug-likeness (QED) is 0.0392. The molecule has 0 fully saturated rings. The average Bonchev–Trinajstić information content (AvgIpc) is 3.69. The Kier molecular flexibility index (Phi) is 9.64.